The van der Waals surface area contributed by atoms with E-state index in [-0.39, 0.29) is 10.6 Å². The minimum atomic E-state index is -3.57. The van der Waals surface area contributed by atoms with Crippen LogP contribution in [0.3, 0.4) is 0 Å². The number of sulfonamides is 1. The van der Waals surface area contributed by atoms with Gasteiger partial charge in [0.1, 0.15) is 10.6 Å². The molecule has 1 aliphatic heterocycles. The molecule has 0 amide bonds. The highest BCUT2D eigenvalue weighted by Crippen LogP contribution is 2.26. The van der Waals surface area contributed by atoms with Crippen LogP contribution in [0.5, 0.6) is 5.75 Å². The first-order valence-electron chi connectivity index (χ1n) is 6.15. The van der Waals surface area contributed by atoms with Gasteiger partial charge < -0.3 is 10.5 Å². The molecule has 1 aromatic carbocycles. The summed E-state index contributed by atoms with van der Waals surface area (Å²) in [6, 6.07) is 4.58. The van der Waals surface area contributed by atoms with Crippen molar-refractivity contribution >= 4 is 39.2 Å². The Labute approximate surface area is 128 Å². The fourth-order valence-corrected chi connectivity index (χ4v) is 5.74. The number of rotatable bonds is 5. The van der Waals surface area contributed by atoms with E-state index in [2.05, 4.69) is 4.72 Å². The average Bonchev–Trinajstić information content (AvgIpc) is 2.46. The van der Waals surface area contributed by atoms with Crippen LogP contribution >= 0.6 is 23.5 Å². The van der Waals surface area contributed by atoms with E-state index >= 15 is 0 Å². The smallest absolute Gasteiger partial charge is 0.242 e. The van der Waals surface area contributed by atoms with Crippen LogP contribution in [-0.2, 0) is 10.0 Å². The van der Waals surface area contributed by atoms with Gasteiger partial charge in [0.15, 0.2) is 0 Å². The van der Waals surface area contributed by atoms with Crippen LogP contribution in [0.2, 0.25) is 0 Å². The highest BCUT2D eigenvalue weighted by atomic mass is 32.2. The number of nitrogen functional groups attached to an aromatic ring is 1. The summed E-state index contributed by atoms with van der Waals surface area (Å²) in [6.07, 6.45) is 0. The number of ether oxygens (including phenoxy) is 1. The SMILES string of the molecule is COc1ccc(S(=O)(=O)NCC2CSCCS2)c(N)c1. The minimum absolute atomic E-state index is 0.103. The maximum atomic E-state index is 12.2. The van der Waals surface area contributed by atoms with E-state index in [1.807, 2.05) is 23.5 Å². The van der Waals surface area contributed by atoms with E-state index in [1.54, 1.807) is 6.07 Å². The van der Waals surface area contributed by atoms with Gasteiger partial charge in [0.2, 0.25) is 10.0 Å². The second-order valence-electron chi connectivity index (χ2n) is 4.32. The molecule has 1 aliphatic rings. The first-order valence-corrected chi connectivity index (χ1v) is 9.84. The van der Waals surface area contributed by atoms with Gasteiger partial charge in [-0.2, -0.15) is 23.5 Å². The van der Waals surface area contributed by atoms with E-state index in [9.17, 15) is 8.42 Å². The Kier molecular flexibility index (Phi) is 5.48. The van der Waals surface area contributed by atoms with Gasteiger partial charge in [-0.05, 0) is 12.1 Å². The molecular formula is C12H18N2O3S3. The fraction of sp³-hybridized carbons (Fsp3) is 0.500. The second kappa shape index (κ2) is 6.93. The van der Waals surface area contributed by atoms with Gasteiger partial charge in [-0.1, -0.05) is 0 Å². The molecule has 1 fully saturated rings. The molecule has 0 aliphatic carbocycles. The summed E-state index contributed by atoms with van der Waals surface area (Å²) in [5, 5.41) is 0.322. The van der Waals surface area contributed by atoms with Gasteiger partial charge >= 0.3 is 0 Å². The monoisotopic (exact) mass is 334 g/mol. The zero-order chi connectivity index (χ0) is 14.6. The molecule has 112 valence electrons. The van der Waals surface area contributed by atoms with E-state index < -0.39 is 10.0 Å². The quantitative estimate of drug-likeness (QED) is 0.792. The van der Waals surface area contributed by atoms with Crippen LogP contribution in [0.4, 0.5) is 5.69 Å². The van der Waals surface area contributed by atoms with Gasteiger partial charge in [0, 0.05) is 35.1 Å². The maximum Gasteiger partial charge on any atom is 0.242 e. The van der Waals surface area contributed by atoms with Crippen molar-refractivity contribution in [1.82, 2.24) is 4.72 Å². The van der Waals surface area contributed by atoms with Crippen molar-refractivity contribution in [3.8, 4) is 5.75 Å². The largest absolute Gasteiger partial charge is 0.497 e. The Balaban J connectivity index is 2.05. The summed E-state index contributed by atoms with van der Waals surface area (Å²) in [7, 11) is -2.06. The Hall–Kier alpha value is -0.570. The molecule has 1 aromatic rings. The molecule has 1 unspecified atom stereocenters. The number of thioether (sulfide) groups is 2. The summed E-state index contributed by atoms with van der Waals surface area (Å²) in [5.74, 6) is 3.73. The molecule has 0 bridgehead atoms. The lowest BCUT2D eigenvalue weighted by Gasteiger charge is -2.21. The number of anilines is 1. The van der Waals surface area contributed by atoms with Crippen LogP contribution in [-0.4, -0.2) is 44.6 Å². The number of nitrogens with one attached hydrogen (secondary N) is 1. The number of hydrogen-bond donors (Lipinski definition) is 2. The summed E-state index contributed by atoms with van der Waals surface area (Å²) < 4.78 is 32.2. The maximum absolute atomic E-state index is 12.2. The third kappa shape index (κ3) is 3.97. The van der Waals surface area contributed by atoms with Crippen LogP contribution in [0, 0.1) is 0 Å². The van der Waals surface area contributed by atoms with Crippen molar-refractivity contribution in [3.63, 3.8) is 0 Å². The average molecular weight is 334 g/mol. The van der Waals surface area contributed by atoms with E-state index in [4.69, 9.17) is 10.5 Å². The summed E-state index contributed by atoms with van der Waals surface area (Å²) in [6.45, 7) is 0.436. The van der Waals surface area contributed by atoms with E-state index in [0.29, 0.717) is 17.5 Å². The van der Waals surface area contributed by atoms with Crippen molar-refractivity contribution in [2.45, 2.75) is 10.1 Å². The lowest BCUT2D eigenvalue weighted by Crippen LogP contribution is -2.33. The van der Waals surface area contributed by atoms with E-state index in [1.165, 1.54) is 19.2 Å². The standard InChI is InChI=1S/C12H18N2O3S3/c1-17-9-2-3-12(11(13)6-9)20(15,16)14-7-10-8-18-4-5-19-10/h2-3,6,10,14H,4-5,7-8,13H2,1H3. The number of hydrogen-bond acceptors (Lipinski definition) is 6. The Morgan fingerprint density at radius 2 is 2.25 bits per heavy atom. The van der Waals surface area contributed by atoms with Gasteiger partial charge in [-0.15, -0.1) is 0 Å². The van der Waals surface area contributed by atoms with Crippen LogP contribution in [0.15, 0.2) is 23.1 Å². The zero-order valence-corrected chi connectivity index (χ0v) is 13.6. The van der Waals surface area contributed by atoms with Crippen molar-refractivity contribution in [2.24, 2.45) is 0 Å². The van der Waals surface area contributed by atoms with Gasteiger partial charge in [-0.25, -0.2) is 13.1 Å². The normalized spacial score (nSPS) is 19.8. The van der Waals surface area contributed by atoms with Crippen molar-refractivity contribution in [1.29, 1.82) is 0 Å². The van der Waals surface area contributed by atoms with Crippen LogP contribution < -0.4 is 15.2 Å². The van der Waals surface area contributed by atoms with E-state index in [0.717, 1.165) is 17.3 Å². The Morgan fingerprint density at radius 1 is 1.45 bits per heavy atom. The lowest BCUT2D eigenvalue weighted by atomic mass is 10.3. The van der Waals surface area contributed by atoms with Gasteiger partial charge in [-0.3, -0.25) is 0 Å². The minimum Gasteiger partial charge on any atom is -0.497 e. The molecule has 2 rings (SSSR count). The molecule has 8 heteroatoms. The molecule has 0 spiro atoms. The predicted molar refractivity (Wildman–Crippen MR) is 86.2 cm³/mol. The molecule has 5 nitrogen and oxygen atoms in total. The first kappa shape index (κ1) is 15.8. The van der Waals surface area contributed by atoms with Gasteiger partial charge in [0.05, 0.1) is 12.8 Å². The topological polar surface area (TPSA) is 81.4 Å². The van der Waals surface area contributed by atoms with Crippen LogP contribution in [0.25, 0.3) is 0 Å². The first-order chi connectivity index (χ1) is 9.53. The molecule has 1 atom stereocenters. The lowest BCUT2D eigenvalue weighted by molar-refractivity contribution is 0.414. The fourth-order valence-electron chi connectivity index (χ4n) is 1.83. The number of benzene rings is 1. The van der Waals surface area contributed by atoms with Crippen molar-refractivity contribution < 1.29 is 13.2 Å². The molecule has 0 saturated carbocycles. The molecule has 0 radical (unpaired) electrons. The van der Waals surface area contributed by atoms with Crippen molar-refractivity contribution in [2.75, 3.05) is 36.6 Å². The molecule has 3 N–H and O–H groups in total. The zero-order valence-electron chi connectivity index (χ0n) is 11.2. The molecule has 20 heavy (non-hydrogen) atoms. The van der Waals surface area contributed by atoms with Crippen molar-refractivity contribution in [3.05, 3.63) is 18.2 Å². The summed E-state index contributed by atoms with van der Waals surface area (Å²) >= 11 is 3.67. The highest BCUT2D eigenvalue weighted by Gasteiger charge is 2.21. The molecule has 1 heterocycles. The number of nitrogens with two attached hydrogens (primary N) is 1. The number of methoxy groups -OCH3 is 1. The molecule has 0 aromatic heterocycles. The predicted octanol–water partition coefficient (Wildman–Crippen LogP) is 1.40. The Bertz CT molecular complexity index is 557. The molecular weight excluding hydrogens is 316 g/mol. The summed E-state index contributed by atoms with van der Waals surface area (Å²) in [4.78, 5) is 0.103. The molecule has 1 saturated heterocycles. The third-order valence-corrected chi connectivity index (χ3v) is 7.23. The second-order valence-corrected chi connectivity index (χ2v) is 8.62. The Morgan fingerprint density at radius 3 is 2.85 bits per heavy atom. The highest BCUT2D eigenvalue weighted by molar-refractivity contribution is 8.06. The van der Waals surface area contributed by atoms with Crippen LogP contribution in [0.1, 0.15) is 0 Å². The van der Waals surface area contributed by atoms with Gasteiger partial charge in [0.25, 0.3) is 0 Å². The summed E-state index contributed by atoms with van der Waals surface area (Å²) in [5.41, 5.74) is 5.98. The third-order valence-electron chi connectivity index (χ3n) is 2.89.